The molecule has 5 heterocycles. The highest BCUT2D eigenvalue weighted by Crippen LogP contribution is 2.39. The van der Waals surface area contributed by atoms with Crippen LogP contribution in [0.2, 0.25) is 0 Å². The second-order valence-electron chi connectivity index (χ2n) is 12.0. The van der Waals surface area contributed by atoms with Gasteiger partial charge in [-0.3, -0.25) is 9.36 Å². The smallest absolute Gasteiger partial charge is 0.333 e. The maximum absolute atomic E-state index is 14.3. The van der Waals surface area contributed by atoms with Crippen molar-refractivity contribution in [3.8, 4) is 10.8 Å². The van der Waals surface area contributed by atoms with Crippen molar-refractivity contribution in [2.45, 2.75) is 83.0 Å². The number of aryl methyl sites for hydroxylation is 1. The van der Waals surface area contributed by atoms with Gasteiger partial charge in [-0.25, -0.2) is 14.2 Å². The maximum atomic E-state index is 14.3. The molecule has 2 bridgehead atoms. The minimum absolute atomic E-state index is 0.00537. The third-order valence-corrected chi connectivity index (χ3v) is 9.91. The van der Waals surface area contributed by atoms with Crippen molar-refractivity contribution < 1.29 is 28.8 Å². The first kappa shape index (κ1) is 31.1. The van der Waals surface area contributed by atoms with Crippen LogP contribution < -0.4 is 16.0 Å². The Labute approximate surface area is 262 Å². The molecule has 14 heteroatoms. The zero-order chi connectivity index (χ0) is 31.9. The van der Waals surface area contributed by atoms with Crippen molar-refractivity contribution in [1.29, 1.82) is 0 Å². The van der Waals surface area contributed by atoms with Gasteiger partial charge >= 0.3 is 11.7 Å². The van der Waals surface area contributed by atoms with Crippen molar-refractivity contribution in [2.75, 3.05) is 20.3 Å². The number of rotatable bonds is 12. The van der Waals surface area contributed by atoms with Crippen molar-refractivity contribution in [3.05, 3.63) is 68.6 Å². The summed E-state index contributed by atoms with van der Waals surface area (Å²) in [6.45, 7) is 5.13. The Balaban J connectivity index is 1.53. The van der Waals surface area contributed by atoms with Crippen LogP contribution in [0.3, 0.4) is 0 Å². The molecular formula is C31H37N5O8S. The molecule has 4 aromatic rings. The number of ether oxygens (including phenoxy) is 4. The number of methoxy groups -OCH3 is 1. The lowest BCUT2D eigenvalue weighted by Crippen LogP contribution is -2.52. The van der Waals surface area contributed by atoms with Gasteiger partial charge < -0.3 is 24.1 Å². The summed E-state index contributed by atoms with van der Waals surface area (Å²) in [5.74, 6) is -0.723. The van der Waals surface area contributed by atoms with E-state index in [4.69, 9.17) is 18.9 Å². The van der Waals surface area contributed by atoms with E-state index in [1.54, 1.807) is 14.0 Å². The van der Waals surface area contributed by atoms with Gasteiger partial charge in [0.05, 0.1) is 49.2 Å². The van der Waals surface area contributed by atoms with Crippen LogP contribution in [0.5, 0.6) is 5.75 Å². The second kappa shape index (κ2) is 12.5. The van der Waals surface area contributed by atoms with Crippen molar-refractivity contribution in [1.82, 2.24) is 24.1 Å². The molecule has 6 rings (SSSR count). The van der Waals surface area contributed by atoms with Crippen molar-refractivity contribution >= 4 is 27.5 Å². The number of carbonyl (C=O) groups is 1. The van der Waals surface area contributed by atoms with Gasteiger partial charge in [-0.15, -0.1) is 4.80 Å². The highest BCUT2D eigenvalue weighted by atomic mass is 32.1. The molecule has 2 aliphatic heterocycles. The first-order chi connectivity index (χ1) is 21.6. The van der Waals surface area contributed by atoms with Crippen LogP contribution in [0, 0.1) is 6.92 Å². The molecule has 4 atom stereocenters. The molecular weight excluding hydrogens is 602 g/mol. The Hall–Kier alpha value is -3.85. The quantitative estimate of drug-likeness (QED) is 0.229. The van der Waals surface area contributed by atoms with Crippen LogP contribution >= 0.6 is 11.3 Å². The molecule has 3 aromatic heterocycles. The fourth-order valence-corrected chi connectivity index (χ4v) is 7.46. The maximum Gasteiger partial charge on any atom is 0.333 e. The number of para-hydroxylation sites is 1. The number of benzene rings is 1. The fraction of sp³-hybridized carbons (Fsp3) is 0.516. The molecule has 2 aliphatic rings. The number of aliphatic carboxylic acids is 1. The molecule has 2 saturated heterocycles. The summed E-state index contributed by atoms with van der Waals surface area (Å²) < 4.78 is 26.5. The monoisotopic (exact) mass is 639 g/mol. The number of carboxylic acid groups (broad SMARTS) is 1. The largest absolute Gasteiger partial charge is 0.491 e. The number of thiophene rings is 1. The topological polar surface area (TPSA) is 149 Å². The molecule has 0 unspecified atom stereocenters. The molecule has 1 N–H and O–H groups in total. The van der Waals surface area contributed by atoms with Crippen LogP contribution in [0.25, 0.3) is 15.2 Å². The number of hydrogen-bond donors (Lipinski definition) is 1. The van der Waals surface area contributed by atoms with Crippen LogP contribution in [-0.4, -0.2) is 73.8 Å². The molecule has 0 radical (unpaired) electrons. The SMILES string of the molecule is COCCOc1ccccc1[C@H](Cn1c(=O)n(C(C)(C)C(=O)O)c(=O)c2c(C)c(-n3nccn3)sc21)O[C@H]1C[C@H]2CC[C@@H](C1)O2. The molecule has 2 fully saturated rings. The Bertz CT molecular complexity index is 1800. The number of carboxylic acids is 1. The third kappa shape index (κ3) is 5.83. The predicted octanol–water partition coefficient (Wildman–Crippen LogP) is 3.43. The second-order valence-corrected chi connectivity index (χ2v) is 13.0. The molecule has 240 valence electrons. The minimum Gasteiger partial charge on any atom is -0.491 e. The molecule has 0 saturated carbocycles. The Kier molecular flexibility index (Phi) is 8.66. The van der Waals surface area contributed by atoms with E-state index < -0.39 is 28.9 Å². The van der Waals surface area contributed by atoms with Crippen molar-refractivity contribution in [3.63, 3.8) is 0 Å². The van der Waals surface area contributed by atoms with E-state index in [1.165, 1.54) is 46.9 Å². The fourth-order valence-electron chi connectivity index (χ4n) is 6.24. The minimum atomic E-state index is -1.83. The molecule has 45 heavy (non-hydrogen) atoms. The summed E-state index contributed by atoms with van der Waals surface area (Å²) in [4.78, 5) is 42.5. The molecule has 0 spiro atoms. The predicted molar refractivity (Wildman–Crippen MR) is 166 cm³/mol. The summed E-state index contributed by atoms with van der Waals surface area (Å²) in [7, 11) is 1.60. The number of fused-ring (bicyclic) bond motifs is 3. The average Bonchev–Trinajstić information content (AvgIpc) is 3.74. The van der Waals surface area contributed by atoms with Gasteiger partial charge in [0, 0.05) is 18.2 Å². The van der Waals surface area contributed by atoms with Gasteiger partial charge in [-0.2, -0.15) is 10.2 Å². The zero-order valence-electron chi connectivity index (χ0n) is 25.7. The molecule has 13 nitrogen and oxygen atoms in total. The molecule has 1 aromatic carbocycles. The van der Waals surface area contributed by atoms with Crippen LogP contribution in [-0.2, 0) is 31.1 Å². The van der Waals surface area contributed by atoms with Crippen LogP contribution in [0.1, 0.15) is 56.8 Å². The molecule has 0 amide bonds. The number of nitrogens with zero attached hydrogens (tertiary/aromatic N) is 5. The lowest BCUT2D eigenvalue weighted by molar-refractivity contribution is -0.146. The first-order valence-corrected chi connectivity index (χ1v) is 15.8. The highest BCUT2D eigenvalue weighted by Gasteiger charge is 2.39. The van der Waals surface area contributed by atoms with E-state index in [1.807, 2.05) is 24.3 Å². The summed E-state index contributed by atoms with van der Waals surface area (Å²) in [6, 6.07) is 7.49. The third-order valence-electron chi connectivity index (χ3n) is 8.63. The van der Waals surface area contributed by atoms with E-state index in [2.05, 4.69) is 10.2 Å². The van der Waals surface area contributed by atoms with E-state index in [9.17, 15) is 19.5 Å². The normalized spacial score (nSPS) is 20.5. The van der Waals surface area contributed by atoms with Gasteiger partial charge in [0.15, 0.2) is 0 Å². The van der Waals surface area contributed by atoms with Gasteiger partial charge in [-0.1, -0.05) is 29.5 Å². The molecule has 0 aliphatic carbocycles. The average molecular weight is 640 g/mol. The summed E-state index contributed by atoms with van der Waals surface area (Å²) >= 11 is 1.20. The lowest BCUT2D eigenvalue weighted by Gasteiger charge is -2.33. The van der Waals surface area contributed by atoms with E-state index in [0.29, 0.717) is 34.4 Å². The Morgan fingerprint density at radius 1 is 1.13 bits per heavy atom. The first-order valence-electron chi connectivity index (χ1n) is 15.0. The van der Waals surface area contributed by atoms with Gasteiger partial charge in [0.1, 0.15) is 33.8 Å². The number of aromatic nitrogens is 5. The summed E-state index contributed by atoms with van der Waals surface area (Å²) in [5, 5.41) is 19.4. The van der Waals surface area contributed by atoms with Gasteiger partial charge in [-0.05, 0) is 52.5 Å². The van der Waals surface area contributed by atoms with E-state index in [-0.39, 0.29) is 30.2 Å². The summed E-state index contributed by atoms with van der Waals surface area (Å²) in [6.07, 6.45) is 5.90. The van der Waals surface area contributed by atoms with Gasteiger partial charge in [0.25, 0.3) is 5.56 Å². The van der Waals surface area contributed by atoms with Crippen LogP contribution in [0.4, 0.5) is 0 Å². The number of hydrogen-bond acceptors (Lipinski definition) is 10. The van der Waals surface area contributed by atoms with Crippen LogP contribution in [0.15, 0.2) is 46.2 Å². The van der Waals surface area contributed by atoms with E-state index >= 15 is 0 Å². The zero-order valence-corrected chi connectivity index (χ0v) is 26.5. The Morgan fingerprint density at radius 3 is 2.49 bits per heavy atom. The van der Waals surface area contributed by atoms with E-state index in [0.717, 1.165) is 35.8 Å². The highest BCUT2D eigenvalue weighted by molar-refractivity contribution is 7.21. The summed E-state index contributed by atoms with van der Waals surface area (Å²) in [5.41, 5.74) is -2.00. The standard InChI is InChI=1S/C31H37N5O8S/c1-18-25-26(37)35(31(2,3)29(38)39)30(40)34(28(25)45-27(18)36-32-11-12-33-36)17-24(44-21-15-19-9-10-20(16-21)43-19)22-7-5-6-8-23(22)42-14-13-41-4/h5-8,11-12,19-21,24H,9-10,13-17H2,1-4H3,(H,38,39)/t19-,20+,21+,24-/m0/s1. The Morgan fingerprint density at radius 2 is 1.82 bits per heavy atom. The van der Waals surface area contributed by atoms with Gasteiger partial charge in [0.2, 0.25) is 0 Å². The lowest BCUT2D eigenvalue weighted by atomic mass is 10.0. The van der Waals surface area contributed by atoms with Crippen molar-refractivity contribution in [2.24, 2.45) is 0 Å².